The molecule has 2 saturated heterocycles. The lowest BCUT2D eigenvalue weighted by atomic mass is 10.0. The first-order valence-electron chi connectivity index (χ1n) is 8.26. The molecule has 6 heteroatoms. The van der Waals surface area contributed by atoms with Gasteiger partial charge in [0, 0.05) is 51.2 Å². The van der Waals surface area contributed by atoms with Gasteiger partial charge in [-0.1, -0.05) is 0 Å². The van der Waals surface area contributed by atoms with Crippen LogP contribution in [-0.4, -0.2) is 85.3 Å². The summed E-state index contributed by atoms with van der Waals surface area (Å²) in [6, 6.07) is 2.40. The molecule has 22 heavy (non-hydrogen) atoms. The predicted octanol–water partition coefficient (Wildman–Crippen LogP) is 0.708. The van der Waals surface area contributed by atoms with Crippen molar-refractivity contribution in [3.05, 3.63) is 18.5 Å². The van der Waals surface area contributed by atoms with Gasteiger partial charge in [-0.2, -0.15) is 0 Å². The van der Waals surface area contributed by atoms with Gasteiger partial charge in [-0.3, -0.25) is 4.90 Å². The minimum Gasteiger partial charge on any atom is -0.375 e. The van der Waals surface area contributed by atoms with Crippen molar-refractivity contribution in [2.75, 3.05) is 58.3 Å². The largest absolute Gasteiger partial charge is 0.375 e. The van der Waals surface area contributed by atoms with E-state index in [-0.39, 0.29) is 0 Å². The molecule has 0 spiro atoms. The molecular weight excluding hydrogens is 278 g/mol. The van der Waals surface area contributed by atoms with Crippen LogP contribution in [0, 0.1) is 0 Å². The number of likely N-dealkylation sites (N-methyl/N-ethyl adjacent to an activating group) is 1. The van der Waals surface area contributed by atoms with Crippen LogP contribution in [0.25, 0.3) is 0 Å². The molecule has 2 atom stereocenters. The molecule has 0 aromatic carbocycles. The van der Waals surface area contributed by atoms with Gasteiger partial charge in [0.2, 0.25) is 5.95 Å². The SMILES string of the molecule is CN(C)CCN1CCOC2CCN(c3ncccn3)CCC21. The van der Waals surface area contributed by atoms with E-state index >= 15 is 0 Å². The van der Waals surface area contributed by atoms with Crippen molar-refractivity contribution in [2.45, 2.75) is 25.0 Å². The lowest BCUT2D eigenvalue weighted by Gasteiger charge is -2.40. The average molecular weight is 305 g/mol. The first-order valence-corrected chi connectivity index (χ1v) is 8.26. The Balaban J connectivity index is 1.64. The maximum Gasteiger partial charge on any atom is 0.225 e. The normalized spacial score (nSPS) is 26.8. The van der Waals surface area contributed by atoms with Crippen LogP contribution in [0.5, 0.6) is 0 Å². The zero-order valence-corrected chi connectivity index (χ0v) is 13.7. The summed E-state index contributed by atoms with van der Waals surface area (Å²) in [5, 5.41) is 0. The van der Waals surface area contributed by atoms with Crippen LogP contribution >= 0.6 is 0 Å². The minimum absolute atomic E-state index is 0.352. The second-order valence-electron chi connectivity index (χ2n) is 6.43. The van der Waals surface area contributed by atoms with Crippen LogP contribution < -0.4 is 4.90 Å². The Kier molecular flexibility index (Phi) is 5.23. The van der Waals surface area contributed by atoms with Gasteiger partial charge < -0.3 is 14.5 Å². The van der Waals surface area contributed by atoms with E-state index in [1.54, 1.807) is 0 Å². The fourth-order valence-corrected chi connectivity index (χ4v) is 3.42. The Morgan fingerprint density at radius 1 is 1.18 bits per heavy atom. The molecule has 2 unspecified atom stereocenters. The van der Waals surface area contributed by atoms with Crippen molar-refractivity contribution in [1.82, 2.24) is 19.8 Å². The van der Waals surface area contributed by atoms with Crippen molar-refractivity contribution in [3.63, 3.8) is 0 Å². The maximum absolute atomic E-state index is 6.06. The van der Waals surface area contributed by atoms with Gasteiger partial charge in [-0.15, -0.1) is 0 Å². The third kappa shape index (κ3) is 3.74. The molecule has 122 valence electrons. The molecule has 1 aromatic heterocycles. The fourth-order valence-electron chi connectivity index (χ4n) is 3.42. The van der Waals surface area contributed by atoms with Gasteiger partial charge in [0.05, 0.1) is 12.7 Å². The van der Waals surface area contributed by atoms with Crippen LogP contribution in [-0.2, 0) is 4.74 Å². The first-order chi connectivity index (χ1) is 10.7. The molecule has 0 saturated carbocycles. The Labute approximate surface area is 133 Å². The smallest absolute Gasteiger partial charge is 0.225 e. The number of anilines is 1. The minimum atomic E-state index is 0.352. The van der Waals surface area contributed by atoms with E-state index in [2.05, 4.69) is 38.8 Å². The summed E-state index contributed by atoms with van der Waals surface area (Å²) in [7, 11) is 4.28. The second-order valence-corrected chi connectivity index (χ2v) is 6.43. The highest BCUT2D eigenvalue weighted by molar-refractivity contribution is 5.28. The standard InChI is InChI=1S/C16H27N5O/c1-19(2)10-11-20-12-13-22-15-5-9-21(8-4-14(15)20)16-17-6-3-7-18-16/h3,6-7,14-15H,4-5,8-13H2,1-2H3. The van der Waals surface area contributed by atoms with E-state index in [0.717, 1.165) is 58.1 Å². The number of morpholine rings is 1. The van der Waals surface area contributed by atoms with Crippen LogP contribution in [0.4, 0.5) is 5.95 Å². The van der Waals surface area contributed by atoms with Crippen molar-refractivity contribution < 1.29 is 4.74 Å². The topological polar surface area (TPSA) is 44.7 Å². The molecule has 0 amide bonds. The second kappa shape index (κ2) is 7.35. The Hall–Kier alpha value is -1.24. The third-order valence-corrected chi connectivity index (χ3v) is 4.66. The number of ether oxygens (including phenoxy) is 1. The summed E-state index contributed by atoms with van der Waals surface area (Å²) in [5.74, 6) is 0.848. The molecular formula is C16H27N5O. The van der Waals surface area contributed by atoms with Gasteiger partial charge in [0.25, 0.3) is 0 Å². The highest BCUT2D eigenvalue weighted by Crippen LogP contribution is 2.24. The Bertz CT molecular complexity index is 455. The molecule has 3 rings (SSSR count). The van der Waals surface area contributed by atoms with Crippen LogP contribution in [0.3, 0.4) is 0 Å². The Morgan fingerprint density at radius 3 is 2.73 bits per heavy atom. The zero-order chi connectivity index (χ0) is 15.4. The monoisotopic (exact) mass is 305 g/mol. The number of hydrogen-bond acceptors (Lipinski definition) is 6. The lowest BCUT2D eigenvalue weighted by Crippen LogP contribution is -2.52. The van der Waals surface area contributed by atoms with E-state index in [1.165, 1.54) is 0 Å². The van der Waals surface area contributed by atoms with Crippen molar-refractivity contribution in [2.24, 2.45) is 0 Å². The van der Waals surface area contributed by atoms with Crippen molar-refractivity contribution in [3.8, 4) is 0 Å². The lowest BCUT2D eigenvalue weighted by molar-refractivity contribution is -0.0723. The highest BCUT2D eigenvalue weighted by Gasteiger charge is 2.34. The van der Waals surface area contributed by atoms with E-state index in [1.807, 2.05) is 18.5 Å². The zero-order valence-electron chi connectivity index (χ0n) is 13.7. The van der Waals surface area contributed by atoms with Crippen LogP contribution in [0.15, 0.2) is 18.5 Å². The molecule has 2 aliphatic rings. The molecule has 1 aromatic rings. The molecule has 2 fully saturated rings. The molecule has 0 N–H and O–H groups in total. The number of fused-ring (bicyclic) bond motifs is 1. The quantitative estimate of drug-likeness (QED) is 0.816. The van der Waals surface area contributed by atoms with Gasteiger partial charge >= 0.3 is 0 Å². The maximum atomic E-state index is 6.06. The highest BCUT2D eigenvalue weighted by atomic mass is 16.5. The third-order valence-electron chi connectivity index (χ3n) is 4.66. The summed E-state index contributed by atoms with van der Waals surface area (Å²) >= 11 is 0. The number of rotatable bonds is 4. The summed E-state index contributed by atoms with van der Waals surface area (Å²) in [6.07, 6.45) is 6.17. The van der Waals surface area contributed by atoms with E-state index in [9.17, 15) is 0 Å². The average Bonchev–Trinajstić information content (AvgIpc) is 2.76. The molecule has 0 bridgehead atoms. The summed E-state index contributed by atoms with van der Waals surface area (Å²) in [4.78, 5) is 16.0. The van der Waals surface area contributed by atoms with E-state index in [4.69, 9.17) is 4.74 Å². The van der Waals surface area contributed by atoms with E-state index < -0.39 is 0 Å². The number of hydrogen-bond donors (Lipinski definition) is 0. The molecule has 0 aliphatic carbocycles. The van der Waals surface area contributed by atoms with Gasteiger partial charge in [-0.25, -0.2) is 9.97 Å². The summed E-state index contributed by atoms with van der Waals surface area (Å²) in [5.41, 5.74) is 0. The first kappa shape index (κ1) is 15.6. The van der Waals surface area contributed by atoms with Gasteiger partial charge in [-0.05, 0) is 33.0 Å². The molecule has 0 radical (unpaired) electrons. The predicted molar refractivity (Wildman–Crippen MR) is 87.1 cm³/mol. The fraction of sp³-hybridized carbons (Fsp3) is 0.750. The van der Waals surface area contributed by atoms with Crippen LogP contribution in [0.1, 0.15) is 12.8 Å². The number of nitrogens with zero attached hydrogens (tertiary/aromatic N) is 5. The van der Waals surface area contributed by atoms with Crippen molar-refractivity contribution >= 4 is 5.95 Å². The van der Waals surface area contributed by atoms with Crippen molar-refractivity contribution in [1.29, 1.82) is 0 Å². The molecule has 6 nitrogen and oxygen atoms in total. The summed E-state index contributed by atoms with van der Waals surface area (Å²) in [6.45, 7) is 6.13. The van der Waals surface area contributed by atoms with Gasteiger partial charge in [0.15, 0.2) is 0 Å². The Morgan fingerprint density at radius 2 is 1.95 bits per heavy atom. The number of aromatic nitrogens is 2. The van der Waals surface area contributed by atoms with Crippen LogP contribution in [0.2, 0.25) is 0 Å². The molecule has 3 heterocycles. The van der Waals surface area contributed by atoms with E-state index in [0.29, 0.717) is 12.1 Å². The summed E-state index contributed by atoms with van der Waals surface area (Å²) < 4.78 is 6.06. The van der Waals surface area contributed by atoms with Gasteiger partial charge in [0.1, 0.15) is 0 Å². The molecule has 2 aliphatic heterocycles.